The van der Waals surface area contributed by atoms with E-state index in [9.17, 15) is 0 Å². The summed E-state index contributed by atoms with van der Waals surface area (Å²) in [5.74, 6) is 0.697. The number of nitrogens with one attached hydrogen (secondary N) is 1. The molecule has 1 aromatic carbocycles. The maximum Gasteiger partial charge on any atom is 0.181 e. The Morgan fingerprint density at radius 2 is 2.33 bits per heavy atom. The molecule has 0 radical (unpaired) electrons. The first-order chi connectivity index (χ1) is 7.17. The number of hydrogen-bond acceptors (Lipinski definition) is 3. The summed E-state index contributed by atoms with van der Waals surface area (Å²) < 4.78 is 5.44. The monoisotopic (exact) mass is 224 g/mol. The first kappa shape index (κ1) is 11.8. The molecule has 1 N–H and O–H groups in total. The van der Waals surface area contributed by atoms with Crippen molar-refractivity contribution in [2.24, 2.45) is 0 Å². The van der Waals surface area contributed by atoms with Crippen molar-refractivity contribution in [2.45, 2.75) is 19.6 Å². The topological polar surface area (TPSA) is 45.0 Å². The van der Waals surface area contributed by atoms with Crippen LogP contribution in [0.1, 0.15) is 12.5 Å². The Morgan fingerprint density at radius 3 is 2.93 bits per heavy atom. The summed E-state index contributed by atoms with van der Waals surface area (Å²) in [5, 5.41) is 12.3. The van der Waals surface area contributed by atoms with Crippen LogP contribution in [0.25, 0.3) is 0 Å². The van der Waals surface area contributed by atoms with Gasteiger partial charge in [0.2, 0.25) is 0 Å². The van der Waals surface area contributed by atoms with E-state index in [-0.39, 0.29) is 0 Å². The summed E-state index contributed by atoms with van der Waals surface area (Å²) in [6.45, 7) is 2.37. The lowest BCUT2D eigenvalue weighted by molar-refractivity contribution is 0.273. The van der Waals surface area contributed by atoms with Crippen molar-refractivity contribution in [1.29, 1.82) is 5.26 Å². The number of nitriles is 1. The van der Waals surface area contributed by atoms with Crippen molar-refractivity contribution < 1.29 is 4.74 Å². The molecule has 0 saturated carbocycles. The molecule has 0 bridgehead atoms. The third-order valence-corrected chi connectivity index (χ3v) is 2.11. The third-order valence-electron chi connectivity index (χ3n) is 1.88. The van der Waals surface area contributed by atoms with Crippen LogP contribution < -0.4 is 10.1 Å². The van der Waals surface area contributed by atoms with Gasteiger partial charge in [-0.05, 0) is 32.2 Å². The number of halogens is 1. The van der Waals surface area contributed by atoms with Crippen LogP contribution in [0.2, 0.25) is 5.02 Å². The number of hydrogen-bond donors (Lipinski definition) is 1. The standard InChI is InChI=1S/C11H13ClN2O/c1-8(6-13)15-11-4-3-10(12)5-9(11)7-14-2/h3-5,8,14H,7H2,1-2H3. The van der Waals surface area contributed by atoms with E-state index in [1.165, 1.54) is 0 Å². The van der Waals surface area contributed by atoms with E-state index in [1.807, 2.05) is 19.2 Å². The SMILES string of the molecule is CNCc1cc(Cl)ccc1OC(C)C#N. The summed E-state index contributed by atoms with van der Waals surface area (Å²) in [6, 6.07) is 7.38. The van der Waals surface area contributed by atoms with Crippen LogP contribution in [-0.2, 0) is 6.54 Å². The first-order valence-electron chi connectivity index (χ1n) is 4.66. The number of nitrogens with zero attached hydrogens (tertiary/aromatic N) is 1. The Labute approximate surface area is 94.6 Å². The van der Waals surface area contributed by atoms with Gasteiger partial charge in [0.15, 0.2) is 6.10 Å². The smallest absolute Gasteiger partial charge is 0.181 e. The van der Waals surface area contributed by atoms with Gasteiger partial charge in [0, 0.05) is 17.1 Å². The quantitative estimate of drug-likeness (QED) is 0.854. The molecule has 0 heterocycles. The summed E-state index contributed by atoms with van der Waals surface area (Å²) in [6.07, 6.45) is -0.457. The molecule has 0 fully saturated rings. The normalized spacial score (nSPS) is 11.9. The predicted molar refractivity (Wildman–Crippen MR) is 59.9 cm³/mol. The Morgan fingerprint density at radius 1 is 1.60 bits per heavy atom. The minimum absolute atomic E-state index is 0.457. The van der Waals surface area contributed by atoms with Crippen LogP contribution in [0, 0.1) is 11.3 Å². The summed E-state index contributed by atoms with van der Waals surface area (Å²) >= 11 is 5.87. The number of rotatable bonds is 4. The minimum atomic E-state index is -0.457. The fourth-order valence-electron chi connectivity index (χ4n) is 1.21. The van der Waals surface area contributed by atoms with E-state index >= 15 is 0 Å². The van der Waals surface area contributed by atoms with Crippen LogP contribution in [-0.4, -0.2) is 13.2 Å². The van der Waals surface area contributed by atoms with Gasteiger partial charge >= 0.3 is 0 Å². The molecule has 3 nitrogen and oxygen atoms in total. The molecule has 0 aliphatic carbocycles. The molecule has 15 heavy (non-hydrogen) atoms. The molecule has 0 aromatic heterocycles. The van der Waals surface area contributed by atoms with Gasteiger partial charge in [-0.3, -0.25) is 0 Å². The predicted octanol–water partition coefficient (Wildman–Crippen LogP) is 2.35. The van der Waals surface area contributed by atoms with Crippen molar-refractivity contribution in [1.82, 2.24) is 5.32 Å². The molecule has 4 heteroatoms. The largest absolute Gasteiger partial charge is 0.476 e. The molecule has 0 spiro atoms. The highest BCUT2D eigenvalue weighted by atomic mass is 35.5. The lowest BCUT2D eigenvalue weighted by atomic mass is 10.2. The highest BCUT2D eigenvalue weighted by Crippen LogP contribution is 2.23. The molecule has 1 atom stereocenters. The van der Waals surface area contributed by atoms with Gasteiger partial charge in [0.25, 0.3) is 0 Å². The van der Waals surface area contributed by atoms with Crippen LogP contribution >= 0.6 is 11.6 Å². The van der Waals surface area contributed by atoms with Crippen molar-refractivity contribution in [2.75, 3.05) is 7.05 Å². The number of ether oxygens (including phenoxy) is 1. The van der Waals surface area contributed by atoms with Crippen molar-refractivity contribution >= 4 is 11.6 Å². The van der Waals surface area contributed by atoms with Gasteiger partial charge in [-0.25, -0.2) is 0 Å². The van der Waals surface area contributed by atoms with Gasteiger partial charge in [-0.15, -0.1) is 0 Å². The molecule has 0 amide bonds. The van der Waals surface area contributed by atoms with Gasteiger partial charge in [0.05, 0.1) is 0 Å². The van der Waals surface area contributed by atoms with Crippen LogP contribution in [0.3, 0.4) is 0 Å². The Balaban J connectivity index is 2.91. The zero-order chi connectivity index (χ0) is 11.3. The summed E-state index contributed by atoms with van der Waals surface area (Å²) in [4.78, 5) is 0. The molecule has 1 rings (SSSR count). The van der Waals surface area contributed by atoms with Gasteiger partial charge in [-0.1, -0.05) is 11.6 Å². The van der Waals surface area contributed by atoms with Gasteiger partial charge < -0.3 is 10.1 Å². The average Bonchev–Trinajstić information content (AvgIpc) is 2.22. The van der Waals surface area contributed by atoms with E-state index in [4.69, 9.17) is 21.6 Å². The second-order valence-electron chi connectivity index (χ2n) is 3.17. The lowest BCUT2D eigenvalue weighted by Gasteiger charge is -2.12. The molecule has 0 saturated heterocycles. The molecular weight excluding hydrogens is 212 g/mol. The summed E-state index contributed by atoms with van der Waals surface area (Å²) in [7, 11) is 1.85. The van der Waals surface area contributed by atoms with E-state index in [1.54, 1.807) is 19.1 Å². The molecule has 1 aromatic rings. The maximum absolute atomic E-state index is 8.65. The molecular formula is C11H13ClN2O. The van der Waals surface area contributed by atoms with Gasteiger partial charge in [-0.2, -0.15) is 5.26 Å². The molecule has 0 aliphatic rings. The maximum atomic E-state index is 8.65. The average molecular weight is 225 g/mol. The van der Waals surface area contributed by atoms with E-state index in [2.05, 4.69) is 5.32 Å². The Hall–Kier alpha value is -1.24. The van der Waals surface area contributed by atoms with Crippen LogP contribution in [0.4, 0.5) is 0 Å². The second-order valence-corrected chi connectivity index (χ2v) is 3.61. The van der Waals surface area contributed by atoms with Crippen molar-refractivity contribution in [3.05, 3.63) is 28.8 Å². The van der Waals surface area contributed by atoms with Crippen LogP contribution in [0.15, 0.2) is 18.2 Å². The highest BCUT2D eigenvalue weighted by molar-refractivity contribution is 6.30. The zero-order valence-electron chi connectivity index (χ0n) is 8.75. The van der Waals surface area contributed by atoms with E-state index < -0.39 is 6.10 Å². The van der Waals surface area contributed by atoms with Crippen molar-refractivity contribution in [3.8, 4) is 11.8 Å². The van der Waals surface area contributed by atoms with Crippen molar-refractivity contribution in [3.63, 3.8) is 0 Å². The Kier molecular flexibility index (Phi) is 4.41. The molecule has 80 valence electrons. The molecule has 1 unspecified atom stereocenters. The second kappa shape index (κ2) is 5.59. The zero-order valence-corrected chi connectivity index (χ0v) is 9.51. The Bertz CT molecular complexity index is 373. The third kappa shape index (κ3) is 3.43. The minimum Gasteiger partial charge on any atom is -0.476 e. The van der Waals surface area contributed by atoms with E-state index in [0.29, 0.717) is 17.3 Å². The highest BCUT2D eigenvalue weighted by Gasteiger charge is 2.07. The molecule has 0 aliphatic heterocycles. The fourth-order valence-corrected chi connectivity index (χ4v) is 1.40. The van der Waals surface area contributed by atoms with E-state index in [0.717, 1.165) is 5.56 Å². The summed E-state index contributed by atoms with van der Waals surface area (Å²) in [5.41, 5.74) is 0.951. The van der Waals surface area contributed by atoms with Crippen LogP contribution in [0.5, 0.6) is 5.75 Å². The van der Waals surface area contributed by atoms with Gasteiger partial charge in [0.1, 0.15) is 11.8 Å². The lowest BCUT2D eigenvalue weighted by Crippen LogP contribution is -2.12. The number of benzene rings is 1. The first-order valence-corrected chi connectivity index (χ1v) is 5.04. The fraction of sp³-hybridized carbons (Fsp3) is 0.364.